The second-order valence-corrected chi connectivity index (χ2v) is 11.0. The van der Waals surface area contributed by atoms with Gasteiger partial charge in [-0.15, -0.1) is 9.24 Å². The van der Waals surface area contributed by atoms with Crippen LogP contribution in [0.2, 0.25) is 5.82 Å². The quantitative estimate of drug-likeness (QED) is 0.193. The van der Waals surface area contributed by atoms with Crippen LogP contribution in [0.1, 0.15) is 49.5 Å². The van der Waals surface area contributed by atoms with Crippen molar-refractivity contribution >= 4 is 50.3 Å². The summed E-state index contributed by atoms with van der Waals surface area (Å²) in [4.78, 5) is 15.7. The molecule has 8 nitrogen and oxygen atoms in total. The van der Waals surface area contributed by atoms with Gasteiger partial charge >= 0.3 is 0 Å². The monoisotopic (exact) mass is 508 g/mol. The molecule has 3 aromatic heterocycles. The van der Waals surface area contributed by atoms with Gasteiger partial charge in [0.15, 0.2) is 5.65 Å². The van der Waals surface area contributed by atoms with Gasteiger partial charge in [0.2, 0.25) is 0 Å². The molecule has 4 heterocycles. The predicted octanol–water partition coefficient (Wildman–Crippen LogP) is 2.75. The van der Waals surface area contributed by atoms with Crippen LogP contribution in [0, 0.1) is 11.8 Å². The summed E-state index contributed by atoms with van der Waals surface area (Å²) in [6.45, 7) is 11.1. The Kier molecular flexibility index (Phi) is 5.80. The highest BCUT2D eigenvalue weighted by Crippen LogP contribution is 2.38. The predicted molar refractivity (Wildman–Crippen MR) is 155 cm³/mol. The van der Waals surface area contributed by atoms with E-state index < -0.39 is 0 Å². The number of rotatable bonds is 5. The molecule has 1 saturated heterocycles. The average Bonchev–Trinajstić information content (AvgIpc) is 3.32. The number of nitrogens with zero attached hydrogens (tertiary/aromatic N) is 7. The number of fused-ring (bicyclic) bond motifs is 2. The lowest BCUT2D eigenvalue weighted by Crippen LogP contribution is -2.30. The summed E-state index contributed by atoms with van der Waals surface area (Å²) in [6.07, 6.45) is 8.61. The topological polar surface area (TPSA) is 90.7 Å². The van der Waals surface area contributed by atoms with Crippen molar-refractivity contribution < 1.29 is 0 Å². The lowest BCUT2D eigenvalue weighted by Gasteiger charge is -2.29. The Balaban J connectivity index is 1.40. The number of hydrogen-bond acceptors (Lipinski definition) is 6. The van der Waals surface area contributed by atoms with Crippen molar-refractivity contribution in [2.75, 3.05) is 12.3 Å². The normalized spacial score (nSPS) is 20.2. The first-order chi connectivity index (χ1) is 17.9. The van der Waals surface area contributed by atoms with Gasteiger partial charge in [0.1, 0.15) is 25.7 Å². The van der Waals surface area contributed by atoms with E-state index in [1.807, 2.05) is 23.2 Å². The maximum Gasteiger partial charge on any atom is 0.164 e. The first-order valence-corrected chi connectivity index (χ1v) is 13.3. The number of imidazole rings is 1. The van der Waals surface area contributed by atoms with E-state index in [0.29, 0.717) is 40.4 Å². The zero-order valence-electron chi connectivity index (χ0n) is 21.2. The average molecular weight is 508 g/mol. The van der Waals surface area contributed by atoms with Gasteiger partial charge in [-0.2, -0.15) is 5.10 Å². The molecule has 1 saturated carbocycles. The molecule has 4 atom stereocenters. The van der Waals surface area contributed by atoms with Crippen molar-refractivity contribution in [1.29, 1.82) is 0 Å². The first-order valence-electron chi connectivity index (χ1n) is 12.7. The van der Waals surface area contributed by atoms with Crippen molar-refractivity contribution in [2.45, 2.75) is 50.1 Å². The summed E-state index contributed by atoms with van der Waals surface area (Å²) in [5.41, 5.74) is 11.5. The van der Waals surface area contributed by atoms with E-state index >= 15 is 0 Å². The number of anilines is 1. The number of nitrogens with two attached hydrogens (primary N) is 1. The highest BCUT2D eigenvalue weighted by Gasteiger charge is 2.36. The Bertz CT molecular complexity index is 1620. The summed E-state index contributed by atoms with van der Waals surface area (Å²) in [7, 11) is 5.05. The highest BCUT2D eigenvalue weighted by atomic mass is 31.0. The third kappa shape index (κ3) is 4.10. The minimum atomic E-state index is 0.108. The Hall–Kier alpha value is -3.63. The van der Waals surface area contributed by atoms with E-state index in [1.165, 1.54) is 19.2 Å². The van der Waals surface area contributed by atoms with E-state index in [0.717, 1.165) is 40.6 Å². The molecular formula is C27H30BN8P. The lowest BCUT2D eigenvalue weighted by molar-refractivity contribution is 0.320. The molecule has 1 aliphatic heterocycles. The van der Waals surface area contributed by atoms with Crippen LogP contribution in [-0.2, 0) is 0 Å². The van der Waals surface area contributed by atoms with Crippen molar-refractivity contribution in [3.63, 3.8) is 0 Å². The van der Waals surface area contributed by atoms with E-state index in [2.05, 4.69) is 79.5 Å². The molecule has 6 rings (SSSR count). The third-order valence-corrected chi connectivity index (χ3v) is 8.04. The second kappa shape index (κ2) is 9.04. The Morgan fingerprint density at radius 3 is 2.78 bits per heavy atom. The number of allylic oxidation sites excluding steroid dienone is 1. The summed E-state index contributed by atoms with van der Waals surface area (Å²) < 4.78 is 4.24. The van der Waals surface area contributed by atoms with Gasteiger partial charge < -0.3 is 15.2 Å². The van der Waals surface area contributed by atoms with Gasteiger partial charge in [-0.25, -0.2) is 19.6 Å². The fourth-order valence-electron chi connectivity index (χ4n) is 5.41. The molecule has 186 valence electrons. The fraction of sp³-hybridized carbons (Fsp3) is 0.333. The van der Waals surface area contributed by atoms with Crippen LogP contribution in [0.3, 0.4) is 0 Å². The Morgan fingerprint density at radius 1 is 1.24 bits per heavy atom. The van der Waals surface area contributed by atoms with Gasteiger partial charge in [-0.3, -0.25) is 0 Å². The van der Waals surface area contributed by atoms with Crippen molar-refractivity contribution in [1.82, 2.24) is 34.2 Å². The number of hydrogen-bond donors (Lipinski definition) is 1. The number of aromatic nitrogens is 6. The molecule has 1 aliphatic carbocycles. The van der Waals surface area contributed by atoms with Crippen LogP contribution >= 0.6 is 9.24 Å². The summed E-state index contributed by atoms with van der Waals surface area (Å²) in [5, 5.41) is 6.67. The smallest absolute Gasteiger partial charge is 0.164 e. The molecule has 0 spiro atoms. The van der Waals surface area contributed by atoms with Crippen molar-refractivity contribution in [3.05, 3.63) is 61.0 Å². The van der Waals surface area contributed by atoms with Crippen LogP contribution in [0.25, 0.3) is 22.1 Å². The largest absolute Gasteiger partial charge is 0.383 e. The number of nitrogen functional groups attached to an aromatic ring is 1. The zero-order chi connectivity index (χ0) is 25.8. The second-order valence-electron chi connectivity index (χ2n) is 10.4. The standard InChI is InChI=1S/C27H30BN8P/c1-4-15(2)34-12-19(10-22(34)16(3)28)36-27-25(26(29)30-13-31-27)20(33-36)8-5-17-9-21-23(11-24(17)37)35(14-32-21)18-6-7-18/h4,9,11,13-14,16,18-19,22H,1-2,6-7,10,12,28,37H2,3H3,(H2,29,30,31)/t16?,19-,22?/m0/s1. The van der Waals surface area contributed by atoms with E-state index in [4.69, 9.17) is 10.8 Å². The lowest BCUT2D eigenvalue weighted by atomic mass is 9.81. The van der Waals surface area contributed by atoms with Gasteiger partial charge in [-0.1, -0.05) is 31.8 Å². The molecule has 0 amide bonds. The molecule has 2 aliphatic rings. The van der Waals surface area contributed by atoms with Gasteiger partial charge in [0, 0.05) is 29.9 Å². The van der Waals surface area contributed by atoms with Crippen LogP contribution in [0.4, 0.5) is 5.82 Å². The fourth-order valence-corrected chi connectivity index (χ4v) is 5.72. The molecule has 0 radical (unpaired) electrons. The van der Waals surface area contributed by atoms with Crippen molar-refractivity contribution in [2.24, 2.45) is 0 Å². The van der Waals surface area contributed by atoms with E-state index in [1.54, 1.807) is 0 Å². The molecule has 3 unspecified atom stereocenters. The summed E-state index contributed by atoms with van der Waals surface area (Å²) in [5.74, 6) is 7.44. The number of likely N-dealkylation sites (tertiary alicyclic amines) is 1. The molecule has 2 N–H and O–H groups in total. The van der Waals surface area contributed by atoms with Gasteiger partial charge in [0.25, 0.3) is 0 Å². The van der Waals surface area contributed by atoms with Crippen molar-refractivity contribution in [3.8, 4) is 11.8 Å². The molecule has 4 aromatic rings. The van der Waals surface area contributed by atoms with E-state index in [9.17, 15) is 0 Å². The molecule has 10 heteroatoms. The Morgan fingerprint density at radius 2 is 2.05 bits per heavy atom. The minimum Gasteiger partial charge on any atom is -0.383 e. The third-order valence-electron chi connectivity index (χ3n) is 7.56. The van der Waals surface area contributed by atoms with Crippen LogP contribution < -0.4 is 11.0 Å². The molecule has 2 fully saturated rings. The summed E-state index contributed by atoms with van der Waals surface area (Å²) >= 11 is 0. The number of benzene rings is 1. The van der Waals surface area contributed by atoms with Gasteiger partial charge in [-0.05, 0) is 48.7 Å². The zero-order valence-corrected chi connectivity index (χ0v) is 22.4. The molecular weight excluding hydrogens is 478 g/mol. The maximum atomic E-state index is 6.32. The highest BCUT2D eigenvalue weighted by molar-refractivity contribution is 7.27. The van der Waals surface area contributed by atoms with Crippen LogP contribution in [0.15, 0.2) is 49.7 Å². The van der Waals surface area contributed by atoms with E-state index in [-0.39, 0.29) is 6.04 Å². The molecule has 1 aromatic carbocycles. The first kappa shape index (κ1) is 23.8. The van der Waals surface area contributed by atoms with Gasteiger partial charge in [0.05, 0.1) is 28.8 Å². The minimum absolute atomic E-state index is 0.108. The van der Waals surface area contributed by atoms with Crippen LogP contribution in [0.5, 0.6) is 0 Å². The molecule has 0 bridgehead atoms. The summed E-state index contributed by atoms with van der Waals surface area (Å²) in [6, 6.07) is 5.22. The molecule has 37 heavy (non-hydrogen) atoms. The Labute approximate surface area is 219 Å². The maximum absolute atomic E-state index is 6.32. The SMILES string of the molecule is BC(C)C1C[C@H](n2nc(C#Cc3cc4ncn(C5CC5)c4cc3P)c3c(N)ncnc32)CN1C(=C)C=C. The van der Waals surface area contributed by atoms with Crippen LogP contribution in [-0.4, -0.2) is 54.6 Å².